The smallest absolute Gasteiger partial charge is 0.357 e. The van der Waals surface area contributed by atoms with E-state index in [0.29, 0.717) is 0 Å². The molecule has 0 saturated heterocycles. The van der Waals surface area contributed by atoms with E-state index in [1.807, 2.05) is 5.32 Å². The van der Waals surface area contributed by atoms with Crippen molar-refractivity contribution in [1.82, 2.24) is 15.0 Å². The fourth-order valence-corrected chi connectivity index (χ4v) is 0.741. The molecule has 0 aliphatic rings. The molecule has 0 radical (unpaired) electrons. The maximum atomic E-state index is 12.1. The van der Waals surface area contributed by atoms with E-state index < -0.39 is 29.9 Å². The summed E-state index contributed by atoms with van der Waals surface area (Å²) in [6.45, 7) is 0. The van der Waals surface area contributed by atoms with Gasteiger partial charge in [-0.1, -0.05) is 0 Å². The third kappa shape index (κ3) is 2.70. The Balaban J connectivity index is 3.33. The molecule has 4 nitrogen and oxygen atoms in total. The van der Waals surface area contributed by atoms with Crippen molar-refractivity contribution in [2.45, 2.75) is 12.4 Å². The number of rotatable bonds is 1. The standard InChI is InChI=1S/C6H4F6N4/c1-13-4-15-2(5(7,8)9)14-3(16-4)6(10,11)12/h1H3,(H,13,14,15,16). The summed E-state index contributed by atoms with van der Waals surface area (Å²) >= 11 is 0. The van der Waals surface area contributed by atoms with Gasteiger partial charge in [0.15, 0.2) is 0 Å². The van der Waals surface area contributed by atoms with Gasteiger partial charge in [-0.05, 0) is 0 Å². The first-order chi connectivity index (χ1) is 7.14. The minimum absolute atomic E-state index is 0.797. The van der Waals surface area contributed by atoms with Gasteiger partial charge in [0.2, 0.25) is 17.6 Å². The van der Waals surface area contributed by atoms with E-state index in [2.05, 4.69) is 15.0 Å². The number of nitrogens with one attached hydrogen (secondary N) is 1. The van der Waals surface area contributed by atoms with Crippen LogP contribution < -0.4 is 5.32 Å². The highest BCUT2D eigenvalue weighted by atomic mass is 19.4. The van der Waals surface area contributed by atoms with E-state index in [1.54, 1.807) is 0 Å². The van der Waals surface area contributed by atoms with Crippen LogP contribution in [0.3, 0.4) is 0 Å². The van der Waals surface area contributed by atoms with Crippen molar-refractivity contribution in [2.75, 3.05) is 12.4 Å². The zero-order chi connectivity index (χ0) is 12.6. The first kappa shape index (κ1) is 12.5. The Hall–Kier alpha value is -1.61. The number of aromatic nitrogens is 3. The normalized spacial score (nSPS) is 12.7. The number of anilines is 1. The topological polar surface area (TPSA) is 50.7 Å². The summed E-state index contributed by atoms with van der Waals surface area (Å²) in [5, 5.41) is 1.99. The third-order valence-corrected chi connectivity index (χ3v) is 1.37. The van der Waals surface area contributed by atoms with Crippen molar-refractivity contribution in [1.29, 1.82) is 0 Å². The summed E-state index contributed by atoms with van der Waals surface area (Å²) < 4.78 is 72.7. The second-order valence-electron chi connectivity index (χ2n) is 2.55. The van der Waals surface area contributed by atoms with Crippen LogP contribution in [0.4, 0.5) is 32.3 Å². The lowest BCUT2D eigenvalue weighted by molar-refractivity contribution is -0.155. The first-order valence-electron chi connectivity index (χ1n) is 3.73. The van der Waals surface area contributed by atoms with Gasteiger partial charge in [-0.2, -0.15) is 36.3 Å². The van der Waals surface area contributed by atoms with Crippen LogP contribution in [0, 0.1) is 0 Å². The maximum absolute atomic E-state index is 12.1. The number of hydrogen-bond acceptors (Lipinski definition) is 4. The second-order valence-corrected chi connectivity index (χ2v) is 2.55. The molecular weight excluding hydrogens is 242 g/mol. The molecule has 0 unspecified atom stereocenters. The Labute approximate surface area is 84.7 Å². The molecule has 0 atom stereocenters. The van der Waals surface area contributed by atoms with Crippen molar-refractivity contribution in [3.8, 4) is 0 Å². The van der Waals surface area contributed by atoms with Crippen molar-refractivity contribution >= 4 is 5.95 Å². The molecule has 16 heavy (non-hydrogen) atoms. The summed E-state index contributed by atoms with van der Waals surface area (Å²) in [6, 6.07) is 0. The summed E-state index contributed by atoms with van der Waals surface area (Å²) in [7, 11) is 1.09. The Morgan fingerprint density at radius 2 is 1.19 bits per heavy atom. The minimum atomic E-state index is -5.06. The van der Waals surface area contributed by atoms with Gasteiger partial charge in [-0.25, -0.2) is 4.98 Å². The maximum Gasteiger partial charge on any atom is 0.451 e. The molecule has 1 rings (SSSR count). The number of hydrogen-bond donors (Lipinski definition) is 1. The van der Waals surface area contributed by atoms with Crippen LogP contribution >= 0.6 is 0 Å². The molecular formula is C6H4F6N4. The predicted octanol–water partition coefficient (Wildman–Crippen LogP) is 1.95. The van der Waals surface area contributed by atoms with Gasteiger partial charge in [0, 0.05) is 7.05 Å². The Morgan fingerprint density at radius 3 is 1.44 bits per heavy atom. The Kier molecular flexibility index (Phi) is 2.93. The van der Waals surface area contributed by atoms with Crippen molar-refractivity contribution in [2.24, 2.45) is 0 Å². The summed E-state index contributed by atoms with van der Waals surface area (Å²) in [6.07, 6.45) is -10.1. The molecule has 0 amide bonds. The highest BCUT2D eigenvalue weighted by molar-refractivity contribution is 5.24. The highest BCUT2D eigenvalue weighted by Crippen LogP contribution is 2.31. The fraction of sp³-hybridized carbons (Fsp3) is 0.500. The largest absolute Gasteiger partial charge is 0.451 e. The zero-order valence-corrected chi connectivity index (χ0v) is 7.61. The zero-order valence-electron chi connectivity index (χ0n) is 7.61. The quantitative estimate of drug-likeness (QED) is 0.769. The van der Waals surface area contributed by atoms with E-state index in [1.165, 1.54) is 0 Å². The Bertz CT molecular complexity index is 351. The Morgan fingerprint density at radius 1 is 0.812 bits per heavy atom. The molecule has 0 spiro atoms. The van der Waals surface area contributed by atoms with Crippen LogP contribution in [0.25, 0.3) is 0 Å². The van der Waals surface area contributed by atoms with Gasteiger partial charge in [0.25, 0.3) is 0 Å². The molecule has 90 valence electrons. The van der Waals surface area contributed by atoms with E-state index in [9.17, 15) is 26.3 Å². The molecule has 0 bridgehead atoms. The fourth-order valence-electron chi connectivity index (χ4n) is 0.741. The molecule has 1 aromatic rings. The van der Waals surface area contributed by atoms with Crippen LogP contribution in [0.1, 0.15) is 11.6 Å². The van der Waals surface area contributed by atoms with Crippen molar-refractivity contribution in [3.05, 3.63) is 11.6 Å². The summed E-state index contributed by atoms with van der Waals surface area (Å²) in [5.74, 6) is -4.58. The van der Waals surface area contributed by atoms with Gasteiger partial charge >= 0.3 is 12.4 Å². The van der Waals surface area contributed by atoms with Crippen LogP contribution in [0.15, 0.2) is 0 Å². The molecule has 0 aromatic carbocycles. The average Bonchev–Trinajstić information content (AvgIpc) is 2.14. The molecule has 0 fully saturated rings. The van der Waals surface area contributed by atoms with E-state index >= 15 is 0 Å². The monoisotopic (exact) mass is 246 g/mol. The molecule has 0 saturated carbocycles. The van der Waals surface area contributed by atoms with Gasteiger partial charge in [0.05, 0.1) is 0 Å². The van der Waals surface area contributed by atoms with Crippen LogP contribution in [0.2, 0.25) is 0 Å². The average molecular weight is 246 g/mol. The SMILES string of the molecule is CNc1nc(C(F)(F)F)nc(C(F)(F)F)n1. The molecule has 10 heteroatoms. The lowest BCUT2D eigenvalue weighted by Gasteiger charge is -2.10. The van der Waals surface area contributed by atoms with Crippen molar-refractivity contribution < 1.29 is 26.3 Å². The van der Waals surface area contributed by atoms with E-state index in [-0.39, 0.29) is 0 Å². The number of halogens is 6. The molecule has 1 aromatic heterocycles. The summed E-state index contributed by atoms with van der Waals surface area (Å²) in [5.41, 5.74) is 0. The van der Waals surface area contributed by atoms with E-state index in [4.69, 9.17) is 0 Å². The number of nitrogens with zero attached hydrogens (tertiary/aromatic N) is 3. The van der Waals surface area contributed by atoms with Crippen LogP contribution in [0.5, 0.6) is 0 Å². The predicted molar refractivity (Wildman–Crippen MR) is 39.4 cm³/mol. The lowest BCUT2D eigenvalue weighted by Crippen LogP contribution is -2.20. The lowest BCUT2D eigenvalue weighted by atomic mass is 10.5. The summed E-state index contributed by atoms with van der Waals surface area (Å²) in [4.78, 5) is 7.87. The molecule has 1 N–H and O–H groups in total. The molecule has 0 aliphatic carbocycles. The molecule has 1 heterocycles. The second kappa shape index (κ2) is 3.76. The van der Waals surface area contributed by atoms with Gasteiger partial charge in [-0.15, -0.1) is 0 Å². The van der Waals surface area contributed by atoms with E-state index in [0.717, 1.165) is 7.05 Å². The van der Waals surface area contributed by atoms with Crippen LogP contribution in [-0.2, 0) is 12.4 Å². The van der Waals surface area contributed by atoms with Crippen LogP contribution in [-0.4, -0.2) is 22.0 Å². The van der Waals surface area contributed by atoms with Gasteiger partial charge in [0.1, 0.15) is 0 Å². The molecule has 0 aliphatic heterocycles. The highest BCUT2D eigenvalue weighted by Gasteiger charge is 2.41. The van der Waals surface area contributed by atoms with Gasteiger partial charge in [-0.3, -0.25) is 0 Å². The third-order valence-electron chi connectivity index (χ3n) is 1.37. The first-order valence-corrected chi connectivity index (χ1v) is 3.73. The van der Waals surface area contributed by atoms with Crippen molar-refractivity contribution in [3.63, 3.8) is 0 Å². The number of alkyl halides is 6. The minimum Gasteiger partial charge on any atom is -0.357 e. The van der Waals surface area contributed by atoms with Gasteiger partial charge < -0.3 is 5.32 Å².